The number of hydrogen-bond acceptors (Lipinski definition) is 3. The zero-order valence-corrected chi connectivity index (χ0v) is 13.4. The van der Waals surface area contributed by atoms with Crippen LogP contribution in [0.2, 0.25) is 0 Å². The van der Waals surface area contributed by atoms with Gasteiger partial charge < -0.3 is 19.6 Å². The second kappa shape index (κ2) is 7.79. The van der Waals surface area contributed by atoms with E-state index in [0.717, 1.165) is 5.56 Å². The topological polar surface area (TPSA) is 127 Å². The maximum Gasteiger partial charge on any atom is 0.354 e. The van der Waals surface area contributed by atoms with Crippen molar-refractivity contribution in [3.63, 3.8) is 0 Å². The Morgan fingerprint density at radius 2 is 1.47 bits per heavy atom. The number of hydrogen-bond donors (Lipinski definition) is 5. The minimum absolute atomic E-state index is 0. The van der Waals surface area contributed by atoms with Crippen molar-refractivity contribution < 1.29 is 48.8 Å². The van der Waals surface area contributed by atoms with Crippen LogP contribution in [0.25, 0.3) is 0 Å². The average molecular weight is 394 g/mol. The van der Waals surface area contributed by atoms with Gasteiger partial charge in [0.05, 0.1) is 0 Å². The van der Waals surface area contributed by atoms with E-state index in [1.54, 1.807) is 12.1 Å². The van der Waals surface area contributed by atoms with Crippen LogP contribution in [0.15, 0.2) is 30.3 Å². The minimum atomic E-state index is -4.89. The Morgan fingerprint density at radius 3 is 1.89 bits per heavy atom. The van der Waals surface area contributed by atoms with Gasteiger partial charge in [0, 0.05) is 26.7 Å². The summed E-state index contributed by atoms with van der Waals surface area (Å²) in [4.78, 5) is 35.5. The predicted molar refractivity (Wildman–Crippen MR) is 66.0 cm³/mol. The Labute approximate surface area is 124 Å². The SMILES string of the molecule is O=P(O)(O)C(NCCc1ccccc1)P(=O)(O)O.[99Tc]. The summed E-state index contributed by atoms with van der Waals surface area (Å²) in [5, 5.41) is 2.22. The van der Waals surface area contributed by atoms with E-state index < -0.39 is 20.7 Å². The van der Waals surface area contributed by atoms with Gasteiger partial charge in [-0.1, -0.05) is 30.3 Å². The summed E-state index contributed by atoms with van der Waals surface area (Å²) in [6.07, 6.45) is 0.414. The molecule has 0 saturated heterocycles. The van der Waals surface area contributed by atoms with Gasteiger partial charge in [-0.3, -0.25) is 14.4 Å². The largest absolute Gasteiger partial charge is 0.354 e. The summed E-state index contributed by atoms with van der Waals surface area (Å²) in [5.74, 6) is 0. The van der Waals surface area contributed by atoms with Crippen molar-refractivity contribution in [2.24, 2.45) is 0 Å². The summed E-state index contributed by atoms with van der Waals surface area (Å²) in [6.45, 7) is 0.0604. The zero-order valence-electron chi connectivity index (χ0n) is 9.76. The normalized spacial score (nSPS) is 12.3. The molecule has 1 aromatic carbocycles. The molecule has 0 amide bonds. The van der Waals surface area contributed by atoms with E-state index in [4.69, 9.17) is 19.6 Å². The number of nitrogens with one attached hydrogen (secondary N) is 1. The quantitative estimate of drug-likeness (QED) is 0.444. The van der Waals surface area contributed by atoms with Gasteiger partial charge in [0.2, 0.25) is 5.52 Å². The Kier molecular flexibility index (Phi) is 7.84. The van der Waals surface area contributed by atoms with Crippen molar-refractivity contribution in [2.75, 3.05) is 6.54 Å². The second-order valence-corrected chi connectivity index (χ2v) is 7.54. The van der Waals surface area contributed by atoms with Gasteiger partial charge in [0.1, 0.15) is 0 Å². The van der Waals surface area contributed by atoms with Crippen LogP contribution in [0, 0.1) is 0 Å². The van der Waals surface area contributed by atoms with Crippen molar-refractivity contribution >= 4 is 15.2 Å². The molecular formula is C9H15NO6P2Tc. The molecule has 0 atom stereocenters. The Bertz CT molecular complexity index is 451. The van der Waals surface area contributed by atoms with E-state index >= 15 is 0 Å². The molecule has 0 fully saturated rings. The molecule has 0 aliphatic carbocycles. The van der Waals surface area contributed by atoms with Crippen LogP contribution in [0.4, 0.5) is 0 Å². The van der Waals surface area contributed by atoms with Crippen molar-refractivity contribution in [2.45, 2.75) is 11.9 Å². The standard InChI is InChI=1S/C9H15NO6P2.Tc/c11-17(12,13)9(18(14,15)16)10-7-6-8-4-2-1-3-5-8;/h1-5,9-10H,6-7H2,(H2,11,12,13)(H2,14,15,16);/i;1+1. The van der Waals surface area contributed by atoms with E-state index in [1.165, 1.54) is 0 Å². The van der Waals surface area contributed by atoms with Crippen molar-refractivity contribution in [1.29, 1.82) is 0 Å². The van der Waals surface area contributed by atoms with Crippen molar-refractivity contribution in [3.8, 4) is 0 Å². The molecule has 19 heavy (non-hydrogen) atoms. The van der Waals surface area contributed by atoms with Gasteiger partial charge in [0.15, 0.2) is 0 Å². The smallest absolute Gasteiger partial charge is 0.323 e. The average Bonchev–Trinajstić information content (AvgIpc) is 2.22. The van der Waals surface area contributed by atoms with Crippen LogP contribution >= 0.6 is 15.2 Å². The van der Waals surface area contributed by atoms with Crippen LogP contribution in [0.5, 0.6) is 0 Å². The molecule has 109 valence electrons. The van der Waals surface area contributed by atoms with Gasteiger partial charge in [-0.05, 0) is 12.0 Å². The Morgan fingerprint density at radius 1 is 1.00 bits per heavy atom. The third kappa shape index (κ3) is 6.91. The number of benzene rings is 1. The second-order valence-electron chi connectivity index (χ2n) is 3.74. The maximum absolute atomic E-state index is 11.0. The molecule has 1 rings (SSSR count). The fourth-order valence-corrected chi connectivity index (χ4v) is 3.73. The predicted octanol–water partition coefficient (Wildman–Crippen LogP) is 0.455. The van der Waals surface area contributed by atoms with E-state index in [1.807, 2.05) is 18.2 Å². The summed E-state index contributed by atoms with van der Waals surface area (Å²) < 4.78 is 21.9. The molecule has 1 radical (unpaired) electrons. The summed E-state index contributed by atoms with van der Waals surface area (Å²) >= 11 is 0. The first-order valence-electron chi connectivity index (χ1n) is 5.09. The molecule has 0 unspecified atom stereocenters. The third-order valence-corrected chi connectivity index (χ3v) is 5.67. The van der Waals surface area contributed by atoms with Gasteiger partial charge in [0.25, 0.3) is 0 Å². The molecule has 0 bridgehead atoms. The van der Waals surface area contributed by atoms with Crippen LogP contribution < -0.4 is 5.32 Å². The van der Waals surface area contributed by atoms with E-state index in [9.17, 15) is 9.13 Å². The summed E-state index contributed by atoms with van der Waals surface area (Å²) in [7, 11) is -9.79. The van der Waals surface area contributed by atoms with E-state index in [0.29, 0.717) is 6.42 Å². The van der Waals surface area contributed by atoms with Gasteiger partial charge in [-0.15, -0.1) is 0 Å². The van der Waals surface area contributed by atoms with Crippen LogP contribution in [0.1, 0.15) is 5.56 Å². The monoisotopic (exact) mass is 394 g/mol. The molecular weight excluding hydrogens is 379 g/mol. The molecule has 10 heteroatoms. The fourth-order valence-electron chi connectivity index (χ4n) is 1.42. The molecule has 0 heterocycles. The fraction of sp³-hybridized carbons (Fsp3) is 0.333. The molecule has 0 spiro atoms. The molecule has 0 aliphatic rings. The molecule has 0 saturated carbocycles. The third-order valence-electron chi connectivity index (χ3n) is 2.22. The summed E-state index contributed by atoms with van der Waals surface area (Å²) in [6, 6.07) is 9.06. The van der Waals surface area contributed by atoms with Gasteiger partial charge in [-0.2, -0.15) is 0 Å². The Balaban J connectivity index is 0.00000324. The van der Waals surface area contributed by atoms with Crippen LogP contribution in [-0.4, -0.2) is 31.6 Å². The van der Waals surface area contributed by atoms with Gasteiger partial charge >= 0.3 is 15.2 Å². The molecule has 5 N–H and O–H groups in total. The van der Waals surface area contributed by atoms with Crippen LogP contribution in [-0.2, 0) is 35.7 Å². The first-order chi connectivity index (χ1) is 8.21. The van der Waals surface area contributed by atoms with E-state index in [2.05, 4.69) is 5.32 Å². The first-order valence-corrected chi connectivity index (χ1v) is 8.45. The van der Waals surface area contributed by atoms with Crippen molar-refractivity contribution in [1.82, 2.24) is 5.32 Å². The Hall–Kier alpha value is 0.129. The van der Waals surface area contributed by atoms with Crippen molar-refractivity contribution in [3.05, 3.63) is 35.9 Å². The van der Waals surface area contributed by atoms with Gasteiger partial charge in [-0.25, -0.2) is 0 Å². The van der Waals surface area contributed by atoms with E-state index in [-0.39, 0.29) is 26.7 Å². The first kappa shape index (κ1) is 19.1. The van der Waals surface area contributed by atoms with Crippen LogP contribution in [0.3, 0.4) is 0 Å². The summed E-state index contributed by atoms with van der Waals surface area (Å²) in [5.41, 5.74) is -1.24. The molecule has 0 aliphatic heterocycles. The number of rotatable bonds is 6. The molecule has 1 aromatic rings. The molecule has 0 aromatic heterocycles. The zero-order chi connectivity index (χ0) is 13.8. The molecule has 7 nitrogen and oxygen atoms in total. The maximum atomic E-state index is 11.0. The minimum Gasteiger partial charge on any atom is -0.323 e.